The predicted octanol–water partition coefficient (Wildman–Crippen LogP) is 4.19. The van der Waals surface area contributed by atoms with E-state index in [0.29, 0.717) is 11.6 Å². The zero-order valence-electron chi connectivity index (χ0n) is 13.9. The van der Waals surface area contributed by atoms with Crippen molar-refractivity contribution in [3.63, 3.8) is 0 Å². The number of rotatable bonds is 2. The van der Waals surface area contributed by atoms with Crippen molar-refractivity contribution in [1.29, 1.82) is 0 Å². The molecule has 4 nitrogen and oxygen atoms in total. The number of carbonyl (C=O) groups is 1. The highest BCUT2D eigenvalue weighted by Crippen LogP contribution is 2.24. The van der Waals surface area contributed by atoms with Gasteiger partial charge in [-0.25, -0.2) is 9.97 Å². The van der Waals surface area contributed by atoms with Crippen molar-refractivity contribution >= 4 is 28.0 Å². The first-order chi connectivity index (χ1) is 11.7. The Morgan fingerprint density at radius 2 is 1.54 bits per heavy atom. The Morgan fingerprint density at radius 3 is 2.25 bits per heavy atom. The lowest BCUT2D eigenvalue weighted by molar-refractivity contribution is 0.0696. The number of para-hydroxylation sites is 2. The molecule has 0 unspecified atom stereocenters. The van der Waals surface area contributed by atoms with E-state index in [1.807, 2.05) is 54.4 Å². The molecule has 2 aromatic carbocycles. The highest BCUT2D eigenvalue weighted by molar-refractivity contribution is 5.98. The number of carbonyl (C=O) groups excluding carboxylic acids is 1. The predicted molar refractivity (Wildman–Crippen MR) is 96.0 cm³/mol. The van der Waals surface area contributed by atoms with Crippen LogP contribution in [-0.2, 0) is 0 Å². The minimum absolute atomic E-state index is 0.0822. The quantitative estimate of drug-likeness (QED) is 0.665. The summed E-state index contributed by atoms with van der Waals surface area (Å²) in [5.41, 5.74) is 4.03. The summed E-state index contributed by atoms with van der Waals surface area (Å²) in [5.74, 6) is 0.0822. The molecule has 0 radical (unpaired) electrons. The average Bonchev–Trinajstić information content (AvgIpc) is 2.65. The molecule has 0 spiro atoms. The lowest BCUT2D eigenvalue weighted by Crippen LogP contribution is -2.38. The third kappa shape index (κ3) is 2.73. The van der Waals surface area contributed by atoms with Crippen LogP contribution in [0.15, 0.2) is 42.5 Å². The molecule has 3 aromatic rings. The van der Waals surface area contributed by atoms with E-state index in [2.05, 4.69) is 9.97 Å². The third-order valence-corrected chi connectivity index (χ3v) is 5.03. The maximum atomic E-state index is 12.8. The zero-order valence-corrected chi connectivity index (χ0v) is 13.9. The van der Waals surface area contributed by atoms with E-state index in [9.17, 15) is 4.79 Å². The molecule has 4 rings (SSSR count). The number of aromatic nitrogens is 2. The normalized spacial score (nSPS) is 15.7. The molecule has 24 heavy (non-hydrogen) atoms. The third-order valence-electron chi connectivity index (χ3n) is 5.03. The highest BCUT2D eigenvalue weighted by Gasteiger charge is 2.23. The van der Waals surface area contributed by atoms with Gasteiger partial charge < -0.3 is 4.90 Å². The van der Waals surface area contributed by atoms with Crippen LogP contribution < -0.4 is 0 Å². The molecule has 1 amide bonds. The minimum atomic E-state index is 0.0822. The van der Waals surface area contributed by atoms with Crippen molar-refractivity contribution in [2.45, 2.75) is 38.1 Å². The Bertz CT molecular complexity index is 900. The van der Waals surface area contributed by atoms with Gasteiger partial charge in [-0.3, -0.25) is 4.79 Å². The van der Waals surface area contributed by atoms with Crippen LogP contribution in [0.4, 0.5) is 0 Å². The Labute approximate surface area is 141 Å². The summed E-state index contributed by atoms with van der Waals surface area (Å²) in [6.07, 6.45) is 5.95. The first-order valence-electron chi connectivity index (χ1n) is 8.66. The molecule has 1 fully saturated rings. The standard InChI is InChI=1S/C20H21N3O/c1-23(15-7-3-2-4-8-15)20(24)14-11-12-18-19(13-14)22-17-10-6-5-9-16(17)21-18/h5-6,9-13,15H,2-4,7-8H2,1H3. The molecule has 0 atom stereocenters. The van der Waals surface area contributed by atoms with Gasteiger partial charge in [0, 0.05) is 18.7 Å². The maximum absolute atomic E-state index is 12.8. The van der Waals surface area contributed by atoms with Gasteiger partial charge in [-0.1, -0.05) is 31.4 Å². The fourth-order valence-corrected chi connectivity index (χ4v) is 3.59. The molecule has 1 heterocycles. The number of hydrogen-bond donors (Lipinski definition) is 0. The number of fused-ring (bicyclic) bond motifs is 2. The molecule has 1 saturated carbocycles. The van der Waals surface area contributed by atoms with Gasteiger partial charge in [0.15, 0.2) is 0 Å². The summed E-state index contributed by atoms with van der Waals surface area (Å²) in [6.45, 7) is 0. The monoisotopic (exact) mass is 319 g/mol. The lowest BCUT2D eigenvalue weighted by Gasteiger charge is -2.31. The van der Waals surface area contributed by atoms with Gasteiger partial charge in [-0.2, -0.15) is 0 Å². The molecular weight excluding hydrogens is 298 g/mol. The van der Waals surface area contributed by atoms with Crippen molar-refractivity contribution in [2.24, 2.45) is 0 Å². The van der Waals surface area contributed by atoms with Gasteiger partial charge in [0.05, 0.1) is 22.1 Å². The molecule has 1 aliphatic rings. The second kappa shape index (κ2) is 6.19. The van der Waals surface area contributed by atoms with E-state index in [4.69, 9.17) is 0 Å². The van der Waals surface area contributed by atoms with Gasteiger partial charge >= 0.3 is 0 Å². The SMILES string of the molecule is CN(C(=O)c1ccc2nc3ccccc3nc2c1)C1CCCCC1. The van der Waals surface area contributed by atoms with Crippen molar-refractivity contribution in [1.82, 2.24) is 14.9 Å². The van der Waals surface area contributed by atoms with E-state index in [1.54, 1.807) is 0 Å². The maximum Gasteiger partial charge on any atom is 0.253 e. The van der Waals surface area contributed by atoms with Crippen molar-refractivity contribution < 1.29 is 4.79 Å². The number of benzene rings is 2. The minimum Gasteiger partial charge on any atom is -0.339 e. The Hall–Kier alpha value is -2.49. The second-order valence-electron chi connectivity index (χ2n) is 6.62. The fraction of sp³-hybridized carbons (Fsp3) is 0.350. The van der Waals surface area contributed by atoms with Gasteiger partial charge in [-0.05, 0) is 43.2 Å². The number of hydrogen-bond acceptors (Lipinski definition) is 3. The van der Waals surface area contributed by atoms with Crippen LogP contribution in [0.25, 0.3) is 22.1 Å². The van der Waals surface area contributed by atoms with Crippen molar-refractivity contribution in [3.8, 4) is 0 Å². The summed E-state index contributed by atoms with van der Waals surface area (Å²) in [6, 6.07) is 13.8. The molecule has 122 valence electrons. The van der Waals surface area contributed by atoms with Crippen LogP contribution >= 0.6 is 0 Å². The second-order valence-corrected chi connectivity index (χ2v) is 6.62. The van der Waals surface area contributed by atoms with Crippen LogP contribution in [0.3, 0.4) is 0 Å². The van der Waals surface area contributed by atoms with Gasteiger partial charge in [0.25, 0.3) is 5.91 Å². The molecule has 4 heteroatoms. The van der Waals surface area contributed by atoms with Crippen LogP contribution in [0.5, 0.6) is 0 Å². The van der Waals surface area contributed by atoms with Crippen molar-refractivity contribution in [3.05, 3.63) is 48.0 Å². The molecule has 0 aliphatic heterocycles. The van der Waals surface area contributed by atoms with E-state index in [1.165, 1.54) is 19.3 Å². The molecule has 0 bridgehead atoms. The Balaban J connectivity index is 1.68. The van der Waals surface area contributed by atoms with E-state index >= 15 is 0 Å². The van der Waals surface area contributed by atoms with Crippen molar-refractivity contribution in [2.75, 3.05) is 7.05 Å². The van der Waals surface area contributed by atoms with Crippen LogP contribution in [-0.4, -0.2) is 33.9 Å². The summed E-state index contributed by atoms with van der Waals surface area (Å²) < 4.78 is 0. The Morgan fingerprint density at radius 1 is 0.917 bits per heavy atom. The molecule has 0 saturated heterocycles. The molecule has 1 aromatic heterocycles. The van der Waals surface area contributed by atoms with E-state index in [-0.39, 0.29) is 5.91 Å². The number of amides is 1. The lowest BCUT2D eigenvalue weighted by atomic mass is 9.94. The molecule has 1 aliphatic carbocycles. The van der Waals surface area contributed by atoms with Crippen LogP contribution in [0, 0.1) is 0 Å². The smallest absolute Gasteiger partial charge is 0.253 e. The first-order valence-corrected chi connectivity index (χ1v) is 8.66. The van der Waals surface area contributed by atoms with Gasteiger partial charge in [0.2, 0.25) is 0 Å². The summed E-state index contributed by atoms with van der Waals surface area (Å²) in [5, 5.41) is 0. The zero-order chi connectivity index (χ0) is 16.5. The Kier molecular flexibility index (Phi) is 3.89. The summed E-state index contributed by atoms with van der Waals surface area (Å²) >= 11 is 0. The van der Waals surface area contributed by atoms with Gasteiger partial charge in [0.1, 0.15) is 0 Å². The number of nitrogens with zero attached hydrogens (tertiary/aromatic N) is 3. The highest BCUT2D eigenvalue weighted by atomic mass is 16.2. The fourth-order valence-electron chi connectivity index (χ4n) is 3.59. The molecule has 0 N–H and O–H groups in total. The van der Waals surface area contributed by atoms with Crippen LogP contribution in [0.1, 0.15) is 42.5 Å². The van der Waals surface area contributed by atoms with Crippen LogP contribution in [0.2, 0.25) is 0 Å². The summed E-state index contributed by atoms with van der Waals surface area (Å²) in [7, 11) is 1.93. The largest absolute Gasteiger partial charge is 0.339 e. The van der Waals surface area contributed by atoms with Gasteiger partial charge in [-0.15, -0.1) is 0 Å². The topological polar surface area (TPSA) is 46.1 Å². The average molecular weight is 319 g/mol. The summed E-state index contributed by atoms with van der Waals surface area (Å²) in [4.78, 5) is 24.0. The first kappa shape index (κ1) is 15.1. The van der Waals surface area contributed by atoms with E-state index < -0.39 is 0 Å². The van der Waals surface area contributed by atoms with E-state index in [0.717, 1.165) is 34.9 Å². The molecular formula is C20H21N3O.